The molecule has 5 heteroatoms. The molecule has 96 valence electrons. The number of hydrogen-bond acceptors (Lipinski definition) is 3. The number of pyridine rings is 1. The fraction of sp³-hybridized carbons (Fsp3) is 0.214. The number of aryl methyl sites for hydroxylation is 1. The van der Waals surface area contributed by atoms with Crippen molar-refractivity contribution in [2.45, 2.75) is 19.8 Å². The van der Waals surface area contributed by atoms with Gasteiger partial charge in [0.2, 0.25) is 5.28 Å². The number of halogens is 1. The van der Waals surface area contributed by atoms with E-state index in [1.165, 1.54) is 0 Å². The first-order valence-electron chi connectivity index (χ1n) is 6.24. The smallest absolute Gasteiger partial charge is 0.229 e. The van der Waals surface area contributed by atoms with Crippen molar-refractivity contribution in [2.75, 3.05) is 0 Å². The van der Waals surface area contributed by atoms with Gasteiger partial charge in [-0.2, -0.15) is 0 Å². The molecule has 0 aliphatic rings. The van der Waals surface area contributed by atoms with Gasteiger partial charge in [0.05, 0.1) is 17.4 Å². The minimum atomic E-state index is 0.375. The fourth-order valence-corrected chi connectivity index (χ4v) is 2.35. The quantitative estimate of drug-likeness (QED) is 0.734. The van der Waals surface area contributed by atoms with Gasteiger partial charge in [0.15, 0.2) is 0 Å². The Kier molecular flexibility index (Phi) is 3.17. The number of aromatic nitrogens is 4. The van der Waals surface area contributed by atoms with E-state index < -0.39 is 0 Å². The molecular formula is C14H13ClN4. The summed E-state index contributed by atoms with van der Waals surface area (Å²) in [5.41, 5.74) is 1.87. The normalized spacial score (nSPS) is 11.1. The monoisotopic (exact) mass is 272 g/mol. The van der Waals surface area contributed by atoms with Gasteiger partial charge in [-0.15, -0.1) is 10.2 Å². The number of nitrogens with zero attached hydrogens (tertiary/aromatic N) is 4. The van der Waals surface area contributed by atoms with Crippen molar-refractivity contribution in [3.05, 3.63) is 47.6 Å². The molecule has 0 bridgehead atoms. The van der Waals surface area contributed by atoms with E-state index in [-0.39, 0.29) is 0 Å². The average Bonchev–Trinajstić information content (AvgIpc) is 2.80. The molecule has 0 atom stereocenters. The van der Waals surface area contributed by atoms with Gasteiger partial charge in [0.1, 0.15) is 5.82 Å². The molecule has 4 nitrogen and oxygen atoms in total. The van der Waals surface area contributed by atoms with Gasteiger partial charge >= 0.3 is 0 Å². The van der Waals surface area contributed by atoms with E-state index in [1.54, 1.807) is 6.20 Å². The zero-order valence-corrected chi connectivity index (χ0v) is 11.3. The highest BCUT2D eigenvalue weighted by molar-refractivity contribution is 6.28. The van der Waals surface area contributed by atoms with Crippen LogP contribution < -0.4 is 0 Å². The summed E-state index contributed by atoms with van der Waals surface area (Å²) in [6, 6.07) is 10.0. The van der Waals surface area contributed by atoms with Crippen LogP contribution in [0.15, 0.2) is 36.5 Å². The second-order valence-electron chi connectivity index (χ2n) is 4.36. The molecule has 0 amide bonds. The first-order valence-corrected chi connectivity index (χ1v) is 6.62. The summed E-state index contributed by atoms with van der Waals surface area (Å²) in [6.07, 6.45) is 3.64. The molecule has 0 saturated carbocycles. The third-order valence-corrected chi connectivity index (χ3v) is 3.24. The second kappa shape index (κ2) is 4.97. The fourth-order valence-electron chi connectivity index (χ4n) is 2.12. The lowest BCUT2D eigenvalue weighted by molar-refractivity contribution is 0.802. The van der Waals surface area contributed by atoms with Crippen LogP contribution in [0.4, 0.5) is 0 Å². The minimum absolute atomic E-state index is 0.375. The molecule has 0 aliphatic carbocycles. The summed E-state index contributed by atoms with van der Waals surface area (Å²) in [4.78, 5) is 4.44. The molecule has 0 aliphatic heterocycles. The molecule has 0 radical (unpaired) electrons. The van der Waals surface area contributed by atoms with Crippen molar-refractivity contribution >= 4 is 22.5 Å². The Morgan fingerprint density at radius 2 is 2.05 bits per heavy atom. The Balaban J connectivity index is 2.16. The lowest BCUT2D eigenvalue weighted by Gasteiger charge is -2.07. The van der Waals surface area contributed by atoms with Crippen LogP contribution in [0.2, 0.25) is 5.28 Å². The summed E-state index contributed by atoms with van der Waals surface area (Å²) in [5, 5.41) is 9.51. The number of fused-ring (bicyclic) bond motifs is 1. The maximum atomic E-state index is 6.13. The molecule has 0 unspecified atom stereocenters. The van der Waals surface area contributed by atoms with Crippen LogP contribution in [0.25, 0.3) is 16.6 Å². The predicted molar refractivity (Wildman–Crippen MR) is 75.7 cm³/mol. The van der Waals surface area contributed by atoms with Gasteiger partial charge < -0.3 is 0 Å². The van der Waals surface area contributed by atoms with E-state index >= 15 is 0 Å². The maximum Gasteiger partial charge on any atom is 0.229 e. The predicted octanol–water partition coefficient (Wildman–Crippen LogP) is 3.42. The van der Waals surface area contributed by atoms with Crippen LogP contribution in [0, 0.1) is 0 Å². The Bertz CT molecular complexity index is 720. The summed E-state index contributed by atoms with van der Waals surface area (Å²) < 4.78 is 1.85. The van der Waals surface area contributed by atoms with Crippen molar-refractivity contribution in [3.8, 4) is 5.69 Å². The summed E-state index contributed by atoms with van der Waals surface area (Å²) in [6.45, 7) is 2.10. The van der Waals surface area contributed by atoms with E-state index in [0.717, 1.165) is 35.3 Å². The van der Waals surface area contributed by atoms with Gasteiger partial charge in [-0.1, -0.05) is 25.1 Å². The van der Waals surface area contributed by atoms with Gasteiger partial charge in [-0.05, 0) is 30.2 Å². The molecule has 3 rings (SSSR count). The van der Waals surface area contributed by atoms with E-state index in [4.69, 9.17) is 11.6 Å². The number of para-hydroxylation sites is 1. The standard InChI is InChI=1S/C14H13ClN4/c1-2-5-13-17-18-14(15)19(13)11-8-10-6-3-4-7-12(10)16-9-11/h3-4,6-9H,2,5H2,1H3. The Morgan fingerprint density at radius 1 is 1.21 bits per heavy atom. The summed E-state index contributed by atoms with van der Waals surface area (Å²) in [7, 11) is 0. The van der Waals surface area contributed by atoms with Crippen molar-refractivity contribution in [2.24, 2.45) is 0 Å². The largest absolute Gasteiger partial charge is 0.268 e. The molecule has 2 aromatic heterocycles. The van der Waals surface area contributed by atoms with E-state index in [9.17, 15) is 0 Å². The summed E-state index contributed by atoms with van der Waals surface area (Å²) >= 11 is 6.13. The third-order valence-electron chi connectivity index (χ3n) is 3.00. The minimum Gasteiger partial charge on any atom is -0.268 e. The molecular weight excluding hydrogens is 260 g/mol. The Labute approximate surface area is 116 Å². The molecule has 0 spiro atoms. The molecule has 0 fully saturated rings. The molecule has 0 N–H and O–H groups in total. The molecule has 19 heavy (non-hydrogen) atoms. The lowest BCUT2D eigenvalue weighted by atomic mass is 10.2. The van der Waals surface area contributed by atoms with Crippen LogP contribution >= 0.6 is 11.6 Å². The summed E-state index contributed by atoms with van der Waals surface area (Å²) in [5.74, 6) is 0.865. The number of hydrogen-bond donors (Lipinski definition) is 0. The number of rotatable bonds is 3. The highest BCUT2D eigenvalue weighted by Gasteiger charge is 2.12. The first-order chi connectivity index (χ1) is 9.29. The zero-order chi connectivity index (χ0) is 13.2. The average molecular weight is 273 g/mol. The Morgan fingerprint density at radius 3 is 2.89 bits per heavy atom. The maximum absolute atomic E-state index is 6.13. The van der Waals surface area contributed by atoms with Crippen LogP contribution in [0.1, 0.15) is 19.2 Å². The molecule has 1 aromatic carbocycles. The van der Waals surface area contributed by atoms with Crippen molar-refractivity contribution in [1.29, 1.82) is 0 Å². The highest BCUT2D eigenvalue weighted by Crippen LogP contribution is 2.21. The Hall–Kier alpha value is -1.94. The SMILES string of the molecule is CCCc1nnc(Cl)n1-c1cnc2ccccc2c1. The van der Waals surface area contributed by atoms with Gasteiger partial charge in [-0.25, -0.2) is 0 Å². The highest BCUT2D eigenvalue weighted by atomic mass is 35.5. The second-order valence-corrected chi connectivity index (χ2v) is 4.69. The molecule has 3 aromatic rings. The van der Waals surface area contributed by atoms with E-state index in [1.807, 2.05) is 28.8 Å². The van der Waals surface area contributed by atoms with Crippen LogP contribution in [-0.4, -0.2) is 19.7 Å². The first kappa shape index (κ1) is 12.1. The number of benzene rings is 1. The van der Waals surface area contributed by atoms with E-state index in [2.05, 4.69) is 28.2 Å². The molecule has 0 saturated heterocycles. The van der Waals surface area contributed by atoms with Crippen molar-refractivity contribution in [1.82, 2.24) is 19.7 Å². The van der Waals surface area contributed by atoms with E-state index in [0.29, 0.717) is 5.28 Å². The van der Waals surface area contributed by atoms with Crippen LogP contribution in [0.5, 0.6) is 0 Å². The van der Waals surface area contributed by atoms with Gasteiger partial charge in [-0.3, -0.25) is 9.55 Å². The zero-order valence-electron chi connectivity index (χ0n) is 10.5. The van der Waals surface area contributed by atoms with Crippen molar-refractivity contribution < 1.29 is 0 Å². The third kappa shape index (κ3) is 2.19. The molecule has 2 heterocycles. The topological polar surface area (TPSA) is 43.6 Å². The van der Waals surface area contributed by atoms with Gasteiger partial charge in [0, 0.05) is 11.8 Å². The lowest BCUT2D eigenvalue weighted by Crippen LogP contribution is -2.02. The van der Waals surface area contributed by atoms with Crippen molar-refractivity contribution in [3.63, 3.8) is 0 Å². The van der Waals surface area contributed by atoms with Gasteiger partial charge in [0.25, 0.3) is 0 Å². The van der Waals surface area contributed by atoms with Crippen LogP contribution in [-0.2, 0) is 6.42 Å². The van der Waals surface area contributed by atoms with Crippen LogP contribution in [0.3, 0.4) is 0 Å².